The summed E-state index contributed by atoms with van der Waals surface area (Å²) in [6.07, 6.45) is -0.663. The van der Waals surface area contributed by atoms with Crippen LogP contribution in [0.15, 0.2) is 12.3 Å². The Kier molecular flexibility index (Phi) is 13.2. The highest BCUT2D eigenvalue weighted by atomic mass is 16.6. The highest BCUT2D eigenvalue weighted by Gasteiger charge is 2.39. The van der Waals surface area contributed by atoms with Crippen molar-refractivity contribution in [1.82, 2.24) is 10.3 Å². The highest BCUT2D eigenvalue weighted by Crippen LogP contribution is 2.27. The molecule has 0 spiro atoms. The summed E-state index contributed by atoms with van der Waals surface area (Å²) in [4.78, 5) is 30.1. The van der Waals surface area contributed by atoms with Gasteiger partial charge in [0.2, 0.25) is 0 Å². The predicted molar refractivity (Wildman–Crippen MR) is 139 cm³/mol. The summed E-state index contributed by atoms with van der Waals surface area (Å²) >= 11 is 0. The minimum absolute atomic E-state index is 0.0797. The Labute approximate surface area is 225 Å². The molecule has 0 aliphatic carbocycles. The molecule has 0 bridgehead atoms. The maximum atomic E-state index is 13.3. The quantitative estimate of drug-likeness (QED) is 0.360. The van der Waals surface area contributed by atoms with E-state index in [0.29, 0.717) is 19.8 Å². The van der Waals surface area contributed by atoms with Gasteiger partial charge in [0, 0.05) is 32.1 Å². The topological polar surface area (TPSA) is 135 Å². The number of nitrogens with one attached hydrogen (secondary N) is 1. The monoisotopic (exact) mass is 540 g/mol. The first-order valence-corrected chi connectivity index (χ1v) is 13.1. The molecule has 0 aromatic carbocycles. The van der Waals surface area contributed by atoms with E-state index in [1.165, 1.54) is 19.4 Å². The van der Waals surface area contributed by atoms with Gasteiger partial charge in [-0.05, 0) is 17.8 Å². The summed E-state index contributed by atoms with van der Waals surface area (Å²) < 4.78 is 35.0. The van der Waals surface area contributed by atoms with Crippen LogP contribution in [0.4, 0.5) is 0 Å². The SMILES string of the molecule is COc1ccnc(C(=O)N[C@H]2COC[C@H](OCC(C)C)[C@@H](OCC(C)C)[C@@H](COCC(C)C)OC2=O)c1O. The number of hydrogen-bond acceptors (Lipinski definition) is 10. The van der Waals surface area contributed by atoms with Gasteiger partial charge < -0.3 is 38.8 Å². The number of aromatic nitrogens is 1. The van der Waals surface area contributed by atoms with Crippen LogP contribution in [0.25, 0.3) is 0 Å². The lowest BCUT2D eigenvalue weighted by Gasteiger charge is -2.33. The Hall–Kier alpha value is -2.47. The molecule has 38 heavy (non-hydrogen) atoms. The normalized spacial score (nSPS) is 22.6. The number of nitrogens with zero attached hydrogens (tertiary/aromatic N) is 1. The number of pyridine rings is 1. The third kappa shape index (κ3) is 10.0. The lowest BCUT2D eigenvalue weighted by Crippen LogP contribution is -2.50. The molecular weight excluding hydrogens is 496 g/mol. The zero-order chi connectivity index (χ0) is 28.2. The fourth-order valence-electron chi connectivity index (χ4n) is 3.62. The molecule has 1 aromatic rings. The molecule has 2 rings (SSSR count). The van der Waals surface area contributed by atoms with Gasteiger partial charge in [0.15, 0.2) is 29.3 Å². The molecular formula is C27H44N2O9. The van der Waals surface area contributed by atoms with Crippen LogP contribution in [0.3, 0.4) is 0 Å². The van der Waals surface area contributed by atoms with Gasteiger partial charge in [0.25, 0.3) is 5.91 Å². The first-order chi connectivity index (χ1) is 18.0. The third-order valence-electron chi connectivity index (χ3n) is 5.48. The summed E-state index contributed by atoms with van der Waals surface area (Å²) in [5.74, 6) is -1.08. The lowest BCUT2D eigenvalue weighted by molar-refractivity contribution is -0.181. The Morgan fingerprint density at radius 1 is 1.08 bits per heavy atom. The van der Waals surface area contributed by atoms with Gasteiger partial charge in [-0.2, -0.15) is 0 Å². The number of methoxy groups -OCH3 is 1. The first kappa shape index (κ1) is 31.7. The van der Waals surface area contributed by atoms with Crippen molar-refractivity contribution < 1.29 is 43.1 Å². The summed E-state index contributed by atoms with van der Waals surface area (Å²) in [5.41, 5.74) is -0.287. The second kappa shape index (κ2) is 15.8. The van der Waals surface area contributed by atoms with E-state index in [1.807, 2.05) is 41.5 Å². The predicted octanol–water partition coefficient (Wildman–Crippen LogP) is 2.59. The molecule has 1 saturated heterocycles. The molecule has 1 aromatic heterocycles. The number of esters is 1. The van der Waals surface area contributed by atoms with Gasteiger partial charge in [-0.15, -0.1) is 0 Å². The van der Waals surface area contributed by atoms with Crippen LogP contribution in [0.2, 0.25) is 0 Å². The van der Waals surface area contributed by atoms with Crippen LogP contribution >= 0.6 is 0 Å². The fraction of sp³-hybridized carbons (Fsp3) is 0.741. The molecule has 1 amide bonds. The third-order valence-corrected chi connectivity index (χ3v) is 5.48. The number of carbonyl (C=O) groups is 2. The average Bonchev–Trinajstić information content (AvgIpc) is 2.90. The van der Waals surface area contributed by atoms with Crippen molar-refractivity contribution in [2.24, 2.45) is 17.8 Å². The van der Waals surface area contributed by atoms with E-state index in [4.69, 9.17) is 28.4 Å². The average molecular weight is 541 g/mol. The zero-order valence-electron chi connectivity index (χ0n) is 23.6. The van der Waals surface area contributed by atoms with Crippen molar-refractivity contribution >= 4 is 11.9 Å². The highest BCUT2D eigenvalue weighted by molar-refractivity contribution is 5.98. The number of aromatic hydroxyl groups is 1. The van der Waals surface area contributed by atoms with Gasteiger partial charge in [-0.1, -0.05) is 41.5 Å². The van der Waals surface area contributed by atoms with E-state index >= 15 is 0 Å². The van der Waals surface area contributed by atoms with Crippen LogP contribution < -0.4 is 10.1 Å². The summed E-state index contributed by atoms with van der Waals surface area (Å²) in [7, 11) is 1.36. The Morgan fingerprint density at radius 3 is 2.37 bits per heavy atom. The molecule has 216 valence electrons. The molecule has 4 atom stereocenters. The van der Waals surface area contributed by atoms with Crippen LogP contribution in [0.1, 0.15) is 52.0 Å². The van der Waals surface area contributed by atoms with Crippen molar-refractivity contribution in [2.75, 3.05) is 46.8 Å². The molecule has 1 aliphatic rings. The molecule has 2 N–H and O–H groups in total. The molecule has 1 fully saturated rings. The number of cyclic esters (lactones) is 1. The van der Waals surface area contributed by atoms with Crippen LogP contribution in [-0.4, -0.2) is 93.1 Å². The van der Waals surface area contributed by atoms with E-state index in [9.17, 15) is 14.7 Å². The van der Waals surface area contributed by atoms with E-state index in [-0.39, 0.29) is 49.0 Å². The second-order valence-electron chi connectivity index (χ2n) is 10.6. The van der Waals surface area contributed by atoms with E-state index < -0.39 is 42.0 Å². The number of hydrogen-bond donors (Lipinski definition) is 2. The van der Waals surface area contributed by atoms with Crippen molar-refractivity contribution in [2.45, 2.75) is 65.9 Å². The van der Waals surface area contributed by atoms with Crippen molar-refractivity contribution in [3.8, 4) is 11.5 Å². The number of rotatable bonds is 13. The first-order valence-electron chi connectivity index (χ1n) is 13.1. The van der Waals surface area contributed by atoms with Gasteiger partial charge in [0.05, 0.1) is 26.9 Å². The summed E-state index contributed by atoms with van der Waals surface area (Å²) in [6.45, 7) is 13.6. The van der Waals surface area contributed by atoms with Crippen molar-refractivity contribution in [3.63, 3.8) is 0 Å². The minimum atomic E-state index is -1.17. The molecule has 0 saturated carbocycles. The van der Waals surface area contributed by atoms with E-state index in [0.717, 1.165) is 0 Å². The Morgan fingerprint density at radius 2 is 1.74 bits per heavy atom. The molecule has 1 aliphatic heterocycles. The lowest BCUT2D eigenvalue weighted by atomic mass is 10.1. The van der Waals surface area contributed by atoms with Crippen LogP contribution in [0.5, 0.6) is 11.5 Å². The largest absolute Gasteiger partial charge is 0.503 e. The number of ether oxygens (including phenoxy) is 6. The van der Waals surface area contributed by atoms with Gasteiger partial charge in [-0.3, -0.25) is 4.79 Å². The van der Waals surface area contributed by atoms with E-state index in [1.54, 1.807) is 0 Å². The second-order valence-corrected chi connectivity index (χ2v) is 10.6. The van der Waals surface area contributed by atoms with Crippen LogP contribution in [-0.2, 0) is 28.5 Å². The zero-order valence-corrected chi connectivity index (χ0v) is 23.6. The molecule has 0 unspecified atom stereocenters. The molecule has 11 nitrogen and oxygen atoms in total. The van der Waals surface area contributed by atoms with Crippen molar-refractivity contribution in [1.29, 1.82) is 0 Å². The summed E-state index contributed by atoms with van der Waals surface area (Å²) in [6, 6.07) is 0.247. The van der Waals surface area contributed by atoms with Gasteiger partial charge in [-0.25, -0.2) is 9.78 Å². The maximum Gasteiger partial charge on any atom is 0.331 e. The summed E-state index contributed by atoms with van der Waals surface area (Å²) in [5, 5.41) is 12.9. The fourth-order valence-corrected chi connectivity index (χ4v) is 3.62. The van der Waals surface area contributed by atoms with Gasteiger partial charge in [0.1, 0.15) is 12.2 Å². The minimum Gasteiger partial charge on any atom is -0.503 e. The number of carbonyl (C=O) groups excluding carboxylic acids is 2. The maximum absolute atomic E-state index is 13.3. The number of amides is 1. The molecule has 0 radical (unpaired) electrons. The Bertz CT molecular complexity index is 878. The van der Waals surface area contributed by atoms with Crippen molar-refractivity contribution in [3.05, 3.63) is 18.0 Å². The molecule has 11 heteroatoms. The molecule has 2 heterocycles. The Balaban J connectivity index is 2.30. The van der Waals surface area contributed by atoms with E-state index in [2.05, 4.69) is 10.3 Å². The smallest absolute Gasteiger partial charge is 0.331 e. The standard InChI is InChI=1S/C27H44N2O9/c1-16(2)10-34-15-22-25(37-12-18(5)6)21(36-11-17(3)4)14-35-13-19(27(32)38-22)29-26(31)23-24(30)20(33-7)8-9-28-23/h8-9,16-19,21-22,25,30H,10-15H2,1-7H3,(H,29,31)/t19-,21-,22+,25+/m0/s1. The van der Waals surface area contributed by atoms with Crippen LogP contribution in [0, 0.1) is 17.8 Å². The van der Waals surface area contributed by atoms with Gasteiger partial charge >= 0.3 is 5.97 Å².